The van der Waals surface area contributed by atoms with Crippen molar-refractivity contribution in [1.82, 2.24) is 37.2 Å². The van der Waals surface area contributed by atoms with E-state index in [0.717, 1.165) is 12.1 Å². The summed E-state index contributed by atoms with van der Waals surface area (Å²) in [5.41, 5.74) is 8.52. The average Bonchev–Trinajstić information content (AvgIpc) is 3.24. The fourth-order valence-corrected chi connectivity index (χ4v) is 8.80. The molecule has 0 aromatic heterocycles. The van der Waals surface area contributed by atoms with Crippen LogP contribution in [-0.4, -0.2) is 132 Å². The summed E-state index contributed by atoms with van der Waals surface area (Å²) in [6.07, 6.45) is -0.346. The van der Waals surface area contributed by atoms with Crippen molar-refractivity contribution in [3.63, 3.8) is 0 Å². The number of nitro groups is 1. The summed E-state index contributed by atoms with van der Waals surface area (Å²) in [5, 5.41) is 48.9. The van der Waals surface area contributed by atoms with Crippen LogP contribution in [0.4, 0.5) is 5.69 Å². The molecule has 0 bridgehead atoms. The van der Waals surface area contributed by atoms with E-state index in [1.165, 1.54) is 6.07 Å². The maximum absolute atomic E-state index is 14.5. The Kier molecular flexibility index (Phi) is 21.7. The Labute approximate surface area is 393 Å². The smallest absolute Gasteiger partial charge is 0.310 e. The van der Waals surface area contributed by atoms with Crippen molar-refractivity contribution >= 4 is 75.6 Å². The van der Waals surface area contributed by atoms with E-state index < -0.39 is 153 Å². The number of carboxylic acid groups (broad SMARTS) is 1. The Hall–Kier alpha value is -6.73. The largest absolute Gasteiger partial charge is 0.502 e. The number of nitrogens with two attached hydrogens (primary N) is 2. The van der Waals surface area contributed by atoms with Gasteiger partial charge in [0.25, 0.3) is 0 Å². The van der Waals surface area contributed by atoms with Crippen LogP contribution in [0.3, 0.4) is 0 Å². The van der Waals surface area contributed by atoms with Crippen LogP contribution in [0.15, 0.2) is 18.2 Å². The van der Waals surface area contributed by atoms with Crippen LogP contribution < -0.4 is 48.7 Å². The number of carbonyl (C=O) groups excluding carboxylic acids is 9. The second-order valence-electron chi connectivity index (χ2n) is 17.3. The van der Waals surface area contributed by atoms with Crippen molar-refractivity contribution < 1.29 is 67.3 Å². The Bertz CT molecular complexity index is 2100. The number of amides is 9. The van der Waals surface area contributed by atoms with Crippen molar-refractivity contribution in [2.75, 3.05) is 18.1 Å². The summed E-state index contributed by atoms with van der Waals surface area (Å²) < 4.78 is 13.1. The van der Waals surface area contributed by atoms with Crippen molar-refractivity contribution in [1.29, 1.82) is 0 Å². The molecule has 68 heavy (non-hydrogen) atoms. The number of phenolic OH excluding ortho intramolecular Hbond substituents is 1. The van der Waals surface area contributed by atoms with Gasteiger partial charge in [-0.3, -0.25) is 62.3 Å². The summed E-state index contributed by atoms with van der Waals surface area (Å²) in [7, 11) is -2.16. The number of hydrogen-bond acceptors (Lipinski definition) is 14. The van der Waals surface area contributed by atoms with Crippen LogP contribution in [0.1, 0.15) is 103 Å². The minimum absolute atomic E-state index is 0.0358. The number of nitrogens with one attached hydrogen (secondary N) is 7. The molecule has 1 aromatic rings. The van der Waals surface area contributed by atoms with Crippen molar-refractivity contribution in [3.05, 3.63) is 33.9 Å². The van der Waals surface area contributed by atoms with Gasteiger partial charge >= 0.3 is 11.7 Å². The Morgan fingerprint density at radius 3 is 2.12 bits per heavy atom. The minimum atomic E-state index is -2.16. The number of carboxylic acids is 1. The van der Waals surface area contributed by atoms with Gasteiger partial charge in [0.15, 0.2) is 5.75 Å². The van der Waals surface area contributed by atoms with Gasteiger partial charge in [0, 0.05) is 42.7 Å². The number of benzene rings is 1. The highest BCUT2D eigenvalue weighted by Crippen LogP contribution is 2.30. The Morgan fingerprint density at radius 1 is 0.838 bits per heavy atom. The molecule has 0 radical (unpaired) electrons. The number of carbonyl (C=O) groups is 10. The molecule has 25 nitrogen and oxygen atoms in total. The lowest BCUT2D eigenvalue weighted by Gasteiger charge is -2.38. The first kappa shape index (κ1) is 55.6. The zero-order chi connectivity index (χ0) is 50.7. The summed E-state index contributed by atoms with van der Waals surface area (Å²) in [4.78, 5) is 143. The number of primary amides is 2. The lowest BCUT2D eigenvalue weighted by Crippen LogP contribution is -2.66. The number of hydrogen-bond donors (Lipinski definition) is 11. The maximum atomic E-state index is 14.5. The predicted octanol–water partition coefficient (Wildman–Crippen LogP) is -2.20. The first-order valence-electron chi connectivity index (χ1n) is 22.2. The first-order valence-corrected chi connectivity index (χ1v) is 23.7. The first-order chi connectivity index (χ1) is 32.0. The SMILES string of the molecule is CC(C)C[C@@H]1NC(=O)[C@H](CCCC(=O)O)NC(=O)C[S@](=O)C[C@H](C(N)=O)NC(=O)CCCCNC(=O)[C@H](CC(N)=O)NC(=O)C2(CCCCC2)NC(=O)[C@H](Cc2ccc(O)c([N+](=O)[O-])c2)NC1=O. The summed E-state index contributed by atoms with van der Waals surface area (Å²) in [6.45, 7) is 3.36. The molecule has 1 aromatic carbocycles. The third kappa shape index (κ3) is 18.2. The molecule has 1 aliphatic carbocycles. The average molecular weight is 979 g/mol. The highest BCUT2D eigenvalue weighted by Gasteiger charge is 2.44. The quantitative estimate of drug-likeness (QED) is 0.0782. The Balaban J connectivity index is 2.12. The van der Waals surface area contributed by atoms with Gasteiger partial charge in [0.1, 0.15) is 41.5 Å². The molecule has 1 aliphatic heterocycles. The van der Waals surface area contributed by atoms with E-state index in [1.54, 1.807) is 13.8 Å². The fourth-order valence-electron chi connectivity index (χ4n) is 7.69. The summed E-state index contributed by atoms with van der Waals surface area (Å²) in [5.74, 6) is -11.9. The highest BCUT2D eigenvalue weighted by molar-refractivity contribution is 7.85. The molecule has 1 saturated heterocycles. The summed E-state index contributed by atoms with van der Waals surface area (Å²) in [6, 6.07) is -4.34. The molecule has 376 valence electrons. The summed E-state index contributed by atoms with van der Waals surface area (Å²) >= 11 is 0. The van der Waals surface area contributed by atoms with Crippen molar-refractivity contribution in [2.45, 2.75) is 139 Å². The predicted molar refractivity (Wildman–Crippen MR) is 241 cm³/mol. The number of phenols is 1. The number of aromatic hydroxyl groups is 1. The molecule has 0 unspecified atom stereocenters. The van der Waals surface area contributed by atoms with E-state index in [-0.39, 0.29) is 69.4 Å². The molecule has 1 saturated carbocycles. The van der Waals surface area contributed by atoms with Crippen LogP contribution in [0.2, 0.25) is 0 Å². The zero-order valence-electron chi connectivity index (χ0n) is 37.9. The van der Waals surface area contributed by atoms with Crippen molar-refractivity contribution in [2.24, 2.45) is 17.4 Å². The van der Waals surface area contributed by atoms with Gasteiger partial charge in [-0.2, -0.15) is 0 Å². The van der Waals surface area contributed by atoms with E-state index in [0.29, 0.717) is 19.3 Å². The molecular weight excluding hydrogens is 917 g/mol. The third-order valence-corrected chi connectivity index (χ3v) is 12.5. The van der Waals surface area contributed by atoms with E-state index in [2.05, 4.69) is 37.2 Å². The molecule has 13 N–H and O–H groups in total. The number of nitro benzene ring substituents is 1. The molecule has 2 fully saturated rings. The minimum Gasteiger partial charge on any atom is -0.502 e. The second kappa shape index (κ2) is 26.6. The fraction of sp³-hybridized carbons (Fsp3) is 0.619. The van der Waals surface area contributed by atoms with Gasteiger partial charge in [-0.25, -0.2) is 0 Å². The van der Waals surface area contributed by atoms with Gasteiger partial charge in [-0.1, -0.05) is 39.2 Å². The third-order valence-electron chi connectivity index (χ3n) is 11.2. The molecule has 9 amide bonds. The van der Waals surface area contributed by atoms with Crippen LogP contribution in [0.5, 0.6) is 5.75 Å². The van der Waals surface area contributed by atoms with Gasteiger partial charge < -0.3 is 58.9 Å². The number of nitrogens with zero attached hydrogens (tertiary/aromatic N) is 1. The second-order valence-corrected chi connectivity index (χ2v) is 18.8. The molecule has 26 heteroatoms. The van der Waals surface area contributed by atoms with Gasteiger partial charge in [0.05, 0.1) is 17.1 Å². The lowest BCUT2D eigenvalue weighted by atomic mass is 9.80. The zero-order valence-corrected chi connectivity index (χ0v) is 38.7. The number of aliphatic carboxylic acids is 1. The number of rotatable bonds is 12. The topological polar surface area (TPSA) is 408 Å². The van der Waals surface area contributed by atoms with E-state index in [9.17, 15) is 72.5 Å². The molecule has 3 rings (SSSR count). The van der Waals surface area contributed by atoms with E-state index in [4.69, 9.17) is 11.5 Å². The normalized spacial score (nSPS) is 24.4. The molecule has 6 atom stereocenters. The molecular formula is C42H62N10O15S. The van der Waals surface area contributed by atoms with E-state index >= 15 is 0 Å². The van der Waals surface area contributed by atoms with Crippen molar-refractivity contribution in [3.8, 4) is 5.75 Å². The van der Waals surface area contributed by atoms with Gasteiger partial charge in [0.2, 0.25) is 53.2 Å². The van der Waals surface area contributed by atoms with Crippen LogP contribution in [0.25, 0.3) is 0 Å². The lowest BCUT2D eigenvalue weighted by molar-refractivity contribution is -0.385. The molecule has 2 aliphatic rings. The van der Waals surface area contributed by atoms with Crippen LogP contribution >= 0.6 is 0 Å². The van der Waals surface area contributed by atoms with Crippen LogP contribution in [0, 0.1) is 16.0 Å². The van der Waals surface area contributed by atoms with Gasteiger partial charge in [-0.05, 0) is 62.5 Å². The maximum Gasteiger partial charge on any atom is 0.310 e. The highest BCUT2D eigenvalue weighted by atomic mass is 32.2. The Morgan fingerprint density at radius 2 is 1.50 bits per heavy atom. The van der Waals surface area contributed by atoms with Crippen LogP contribution in [-0.2, 0) is 65.2 Å². The molecule has 1 spiro atoms. The monoisotopic (exact) mass is 978 g/mol. The molecule has 1 heterocycles. The van der Waals surface area contributed by atoms with Gasteiger partial charge in [-0.15, -0.1) is 0 Å². The standard InChI is InChI=1S/C42H62N10O15S/c1-23(2)17-26-39(62)49-27(18-24-12-13-31(53)30(19-24)52(65)66)40(63)51-42(14-5-3-6-15-42)41(64)50-28(20-32(43)54)37(60)45-16-7-4-10-33(55)47-29(36(44)59)21-68(67)22-34(56)46-25(38(61)48-26)9-8-11-35(57)58/h12-13,19,23,25-29,53H,3-11,14-18,20-22H2,1-2H3,(H2,43,54)(H2,44,59)(H,45,60)(H,46,56)(H,47,55)(H,48,61)(H,49,62)(H,50,64)(H,51,63)(H,57,58)/t25-,26-,27-,28-,29+,68+/m0/s1. The van der Waals surface area contributed by atoms with E-state index in [1.807, 2.05) is 0 Å².